The SMILES string of the molecule is Cc1nn(C)c(C)c1NC(=O)CNC(C)(C)C. The number of amides is 1. The summed E-state index contributed by atoms with van der Waals surface area (Å²) in [7, 11) is 1.87. The van der Waals surface area contributed by atoms with E-state index in [9.17, 15) is 4.79 Å². The lowest BCUT2D eigenvalue weighted by Gasteiger charge is -2.20. The maximum Gasteiger partial charge on any atom is 0.238 e. The summed E-state index contributed by atoms with van der Waals surface area (Å²) in [6, 6.07) is 0. The molecule has 0 aliphatic rings. The van der Waals surface area contributed by atoms with Crippen LogP contribution in [0.3, 0.4) is 0 Å². The van der Waals surface area contributed by atoms with Crippen molar-refractivity contribution in [3.63, 3.8) is 0 Å². The Kier molecular flexibility index (Phi) is 3.93. The Hall–Kier alpha value is -1.36. The van der Waals surface area contributed by atoms with Crippen LogP contribution in [0, 0.1) is 13.8 Å². The number of rotatable bonds is 3. The molecule has 0 radical (unpaired) electrons. The third-order valence-electron chi connectivity index (χ3n) is 2.55. The van der Waals surface area contributed by atoms with Crippen LogP contribution in [0.15, 0.2) is 0 Å². The van der Waals surface area contributed by atoms with E-state index >= 15 is 0 Å². The molecule has 0 saturated carbocycles. The van der Waals surface area contributed by atoms with E-state index in [2.05, 4.69) is 15.7 Å². The van der Waals surface area contributed by atoms with Crippen LogP contribution in [0.1, 0.15) is 32.2 Å². The van der Waals surface area contributed by atoms with Crippen molar-refractivity contribution >= 4 is 11.6 Å². The number of hydrogen-bond donors (Lipinski definition) is 2. The zero-order valence-electron chi connectivity index (χ0n) is 11.5. The van der Waals surface area contributed by atoms with Gasteiger partial charge in [0.05, 0.1) is 23.6 Å². The molecule has 0 spiro atoms. The van der Waals surface area contributed by atoms with Gasteiger partial charge in [-0.3, -0.25) is 9.48 Å². The van der Waals surface area contributed by atoms with Crippen molar-refractivity contribution in [2.75, 3.05) is 11.9 Å². The predicted molar refractivity (Wildman–Crippen MR) is 69.1 cm³/mol. The average molecular weight is 238 g/mol. The van der Waals surface area contributed by atoms with E-state index in [-0.39, 0.29) is 11.4 Å². The fourth-order valence-electron chi connectivity index (χ4n) is 1.48. The van der Waals surface area contributed by atoms with Gasteiger partial charge >= 0.3 is 0 Å². The van der Waals surface area contributed by atoms with Gasteiger partial charge in [0.25, 0.3) is 0 Å². The van der Waals surface area contributed by atoms with Crippen molar-refractivity contribution < 1.29 is 4.79 Å². The molecule has 1 aromatic heterocycles. The molecular formula is C12H22N4O. The van der Waals surface area contributed by atoms with Crippen LogP contribution >= 0.6 is 0 Å². The fraction of sp³-hybridized carbons (Fsp3) is 0.667. The van der Waals surface area contributed by atoms with Gasteiger partial charge in [-0.1, -0.05) is 0 Å². The summed E-state index contributed by atoms with van der Waals surface area (Å²) in [6.45, 7) is 10.2. The van der Waals surface area contributed by atoms with Gasteiger partial charge < -0.3 is 10.6 Å². The normalized spacial score (nSPS) is 11.6. The van der Waals surface area contributed by atoms with Gasteiger partial charge in [-0.25, -0.2) is 0 Å². The topological polar surface area (TPSA) is 59.0 Å². The first-order valence-electron chi connectivity index (χ1n) is 5.76. The standard InChI is InChI=1S/C12H22N4O/c1-8-11(9(2)16(6)15-8)14-10(17)7-13-12(3,4)5/h13H,7H2,1-6H3,(H,14,17). The van der Waals surface area contributed by atoms with Crippen LogP contribution in [-0.2, 0) is 11.8 Å². The molecule has 0 unspecified atom stereocenters. The lowest BCUT2D eigenvalue weighted by atomic mass is 10.1. The first-order chi connectivity index (χ1) is 7.70. The van der Waals surface area contributed by atoms with Gasteiger partial charge in [0.15, 0.2) is 0 Å². The molecule has 5 heteroatoms. The summed E-state index contributed by atoms with van der Waals surface area (Å²) in [5, 5.41) is 10.3. The summed E-state index contributed by atoms with van der Waals surface area (Å²) in [5.74, 6) is -0.0425. The highest BCUT2D eigenvalue weighted by molar-refractivity contribution is 5.93. The first-order valence-corrected chi connectivity index (χ1v) is 5.76. The second-order valence-corrected chi connectivity index (χ2v) is 5.32. The van der Waals surface area contributed by atoms with E-state index in [1.54, 1.807) is 4.68 Å². The minimum atomic E-state index is -0.0592. The quantitative estimate of drug-likeness (QED) is 0.836. The highest BCUT2D eigenvalue weighted by Gasteiger charge is 2.14. The maximum atomic E-state index is 11.8. The Morgan fingerprint density at radius 2 is 1.94 bits per heavy atom. The molecule has 0 aliphatic carbocycles. The van der Waals surface area contributed by atoms with Crippen LogP contribution in [-0.4, -0.2) is 27.8 Å². The van der Waals surface area contributed by atoms with E-state index in [4.69, 9.17) is 0 Å². The number of carbonyl (C=O) groups excluding carboxylic acids is 1. The zero-order valence-corrected chi connectivity index (χ0v) is 11.5. The molecule has 0 saturated heterocycles. The van der Waals surface area contributed by atoms with Crippen molar-refractivity contribution in [3.8, 4) is 0 Å². The molecule has 1 aromatic rings. The molecule has 0 aromatic carbocycles. The second-order valence-electron chi connectivity index (χ2n) is 5.32. The first kappa shape index (κ1) is 13.7. The summed E-state index contributed by atoms with van der Waals surface area (Å²) >= 11 is 0. The molecule has 1 amide bonds. The molecule has 0 bridgehead atoms. The lowest BCUT2D eigenvalue weighted by molar-refractivity contribution is -0.115. The van der Waals surface area contributed by atoms with Crippen LogP contribution in [0.5, 0.6) is 0 Å². The van der Waals surface area contributed by atoms with Crippen LogP contribution in [0.25, 0.3) is 0 Å². The summed E-state index contributed by atoms with van der Waals surface area (Å²) in [6.07, 6.45) is 0. The predicted octanol–water partition coefficient (Wildman–Crippen LogP) is 1.36. The number of carbonyl (C=O) groups is 1. The minimum absolute atomic E-state index is 0.0425. The largest absolute Gasteiger partial charge is 0.322 e. The third-order valence-corrected chi connectivity index (χ3v) is 2.55. The van der Waals surface area contributed by atoms with Crippen molar-refractivity contribution in [2.45, 2.75) is 40.2 Å². The highest BCUT2D eigenvalue weighted by atomic mass is 16.1. The Bertz CT molecular complexity index is 415. The van der Waals surface area contributed by atoms with E-state index < -0.39 is 0 Å². The van der Waals surface area contributed by atoms with Gasteiger partial charge in [0.1, 0.15) is 0 Å². The maximum absolute atomic E-state index is 11.8. The number of aromatic nitrogens is 2. The number of aryl methyl sites for hydroxylation is 2. The monoisotopic (exact) mass is 238 g/mol. The van der Waals surface area contributed by atoms with Gasteiger partial charge in [-0.05, 0) is 34.6 Å². The number of nitrogens with zero attached hydrogens (tertiary/aromatic N) is 2. The summed E-state index contributed by atoms with van der Waals surface area (Å²) in [4.78, 5) is 11.8. The van der Waals surface area contributed by atoms with E-state index in [1.165, 1.54) is 0 Å². The molecule has 1 rings (SSSR count). The average Bonchev–Trinajstić information content (AvgIpc) is 2.41. The minimum Gasteiger partial charge on any atom is -0.322 e. The second kappa shape index (κ2) is 4.87. The van der Waals surface area contributed by atoms with Crippen molar-refractivity contribution in [1.82, 2.24) is 15.1 Å². The number of nitrogens with one attached hydrogen (secondary N) is 2. The molecule has 5 nitrogen and oxygen atoms in total. The van der Waals surface area contributed by atoms with Gasteiger partial charge in [-0.15, -0.1) is 0 Å². The van der Waals surface area contributed by atoms with Gasteiger partial charge in [-0.2, -0.15) is 5.10 Å². The number of hydrogen-bond acceptors (Lipinski definition) is 3. The fourth-order valence-corrected chi connectivity index (χ4v) is 1.48. The molecular weight excluding hydrogens is 216 g/mol. The lowest BCUT2D eigenvalue weighted by Crippen LogP contribution is -2.41. The highest BCUT2D eigenvalue weighted by Crippen LogP contribution is 2.17. The molecule has 2 N–H and O–H groups in total. The Labute approximate surface area is 103 Å². The summed E-state index contributed by atoms with van der Waals surface area (Å²) in [5.41, 5.74) is 2.56. The smallest absolute Gasteiger partial charge is 0.238 e. The van der Waals surface area contributed by atoms with Crippen LogP contribution < -0.4 is 10.6 Å². The van der Waals surface area contributed by atoms with Crippen LogP contribution in [0.2, 0.25) is 0 Å². The Morgan fingerprint density at radius 1 is 1.35 bits per heavy atom. The Balaban J connectivity index is 2.63. The van der Waals surface area contributed by atoms with Gasteiger partial charge in [0.2, 0.25) is 5.91 Å². The Morgan fingerprint density at radius 3 is 2.35 bits per heavy atom. The number of anilines is 1. The molecule has 1 heterocycles. The zero-order chi connectivity index (χ0) is 13.2. The van der Waals surface area contributed by atoms with Crippen molar-refractivity contribution in [2.24, 2.45) is 7.05 Å². The van der Waals surface area contributed by atoms with Gasteiger partial charge in [0, 0.05) is 12.6 Å². The molecule has 0 aliphatic heterocycles. The van der Waals surface area contributed by atoms with E-state index in [0.29, 0.717) is 6.54 Å². The molecule has 0 atom stereocenters. The van der Waals surface area contributed by atoms with Crippen LogP contribution in [0.4, 0.5) is 5.69 Å². The summed E-state index contributed by atoms with van der Waals surface area (Å²) < 4.78 is 1.77. The molecule has 96 valence electrons. The van der Waals surface area contributed by atoms with Crippen molar-refractivity contribution in [1.29, 1.82) is 0 Å². The van der Waals surface area contributed by atoms with E-state index in [1.807, 2.05) is 41.7 Å². The molecule has 17 heavy (non-hydrogen) atoms. The van der Waals surface area contributed by atoms with Crippen molar-refractivity contribution in [3.05, 3.63) is 11.4 Å². The third kappa shape index (κ3) is 3.85. The molecule has 0 fully saturated rings. The van der Waals surface area contributed by atoms with E-state index in [0.717, 1.165) is 17.1 Å².